The van der Waals surface area contributed by atoms with E-state index >= 15 is 0 Å². The zero-order valence-electron chi connectivity index (χ0n) is 18.6. The van der Waals surface area contributed by atoms with E-state index < -0.39 is 0 Å². The molecule has 0 saturated heterocycles. The average Bonchev–Trinajstić information content (AvgIpc) is 3.34. The van der Waals surface area contributed by atoms with Crippen molar-refractivity contribution in [3.63, 3.8) is 0 Å². The van der Waals surface area contributed by atoms with Crippen molar-refractivity contribution in [2.45, 2.75) is 33.6 Å². The van der Waals surface area contributed by atoms with Crippen LogP contribution in [0.4, 0.5) is 0 Å². The lowest BCUT2D eigenvalue weighted by Crippen LogP contribution is -2.34. The zero-order valence-corrected chi connectivity index (χ0v) is 18.6. The Bertz CT molecular complexity index is 1180. The lowest BCUT2D eigenvalue weighted by Gasteiger charge is -2.25. The summed E-state index contributed by atoms with van der Waals surface area (Å²) in [6, 6.07) is 6.05. The van der Waals surface area contributed by atoms with Gasteiger partial charge in [0.2, 0.25) is 0 Å². The van der Waals surface area contributed by atoms with Crippen molar-refractivity contribution in [3.05, 3.63) is 58.6 Å². The maximum Gasteiger partial charge on any atom is 0.193 e. The number of H-pyrrole nitrogens is 2. The normalized spacial score (nSPS) is 14.6. The van der Waals surface area contributed by atoms with Crippen LogP contribution in [-0.2, 0) is 6.42 Å². The van der Waals surface area contributed by atoms with Gasteiger partial charge in [0.25, 0.3) is 0 Å². The number of rotatable bonds is 7. The predicted molar refractivity (Wildman–Crippen MR) is 123 cm³/mol. The summed E-state index contributed by atoms with van der Waals surface area (Å²) >= 11 is 0. The lowest BCUT2D eigenvalue weighted by atomic mass is 9.98. The van der Waals surface area contributed by atoms with E-state index in [0.29, 0.717) is 24.2 Å². The number of benzene rings is 1. The van der Waals surface area contributed by atoms with E-state index in [2.05, 4.69) is 33.2 Å². The van der Waals surface area contributed by atoms with Gasteiger partial charge < -0.3 is 14.7 Å². The lowest BCUT2D eigenvalue weighted by molar-refractivity contribution is 0.0932. The third kappa shape index (κ3) is 3.95. The second kappa shape index (κ2) is 8.55. The molecule has 1 aliphatic rings. The number of hydrogen-bond acceptors (Lipinski definition) is 4. The minimum atomic E-state index is 0.00515. The first-order valence-electron chi connectivity index (χ1n) is 10.7. The Balaban J connectivity index is 1.50. The Kier molecular flexibility index (Phi) is 5.83. The number of carbonyl (C=O) groups excluding carboxylic acids is 2. The SMILES string of the molecule is CCc1c(C(=O)CN2CC=C(c3c[nH]c4ccc(OC)cc34)CC2)[nH]c(C)c1C(C)=O. The quantitative estimate of drug-likeness (QED) is 0.551. The zero-order chi connectivity index (χ0) is 22.1. The van der Waals surface area contributed by atoms with Gasteiger partial charge in [-0.05, 0) is 56.0 Å². The number of fused-ring (bicyclic) bond motifs is 1. The van der Waals surface area contributed by atoms with Crippen LogP contribution in [0.2, 0.25) is 0 Å². The molecule has 162 valence electrons. The second-order valence-electron chi connectivity index (χ2n) is 8.14. The third-order valence-corrected chi connectivity index (χ3v) is 6.17. The van der Waals surface area contributed by atoms with E-state index in [-0.39, 0.29) is 11.6 Å². The van der Waals surface area contributed by atoms with Crippen LogP contribution in [0.3, 0.4) is 0 Å². The number of nitrogens with zero attached hydrogens (tertiary/aromatic N) is 1. The molecule has 1 aromatic carbocycles. The Hall–Kier alpha value is -3.12. The van der Waals surface area contributed by atoms with E-state index in [1.165, 1.54) is 11.1 Å². The van der Waals surface area contributed by atoms with Crippen LogP contribution in [0.1, 0.15) is 57.9 Å². The highest BCUT2D eigenvalue weighted by Crippen LogP contribution is 2.31. The van der Waals surface area contributed by atoms with Gasteiger partial charge in [0.1, 0.15) is 5.75 Å². The van der Waals surface area contributed by atoms with E-state index in [4.69, 9.17) is 4.74 Å². The van der Waals surface area contributed by atoms with Gasteiger partial charge in [-0.3, -0.25) is 14.5 Å². The minimum Gasteiger partial charge on any atom is -0.497 e. The van der Waals surface area contributed by atoms with E-state index in [0.717, 1.165) is 47.4 Å². The van der Waals surface area contributed by atoms with Crippen molar-refractivity contribution < 1.29 is 14.3 Å². The number of hydrogen-bond donors (Lipinski definition) is 2. The molecule has 3 aromatic rings. The summed E-state index contributed by atoms with van der Waals surface area (Å²) in [5.41, 5.74) is 6.44. The van der Waals surface area contributed by atoms with Crippen LogP contribution in [0.5, 0.6) is 5.75 Å². The van der Waals surface area contributed by atoms with Gasteiger partial charge in [-0.15, -0.1) is 0 Å². The van der Waals surface area contributed by atoms with E-state index in [1.807, 2.05) is 26.0 Å². The van der Waals surface area contributed by atoms with Crippen molar-refractivity contribution in [1.29, 1.82) is 0 Å². The van der Waals surface area contributed by atoms with Gasteiger partial charge in [-0.2, -0.15) is 0 Å². The molecule has 3 heterocycles. The monoisotopic (exact) mass is 419 g/mol. The van der Waals surface area contributed by atoms with Gasteiger partial charge in [0.15, 0.2) is 11.6 Å². The molecule has 0 unspecified atom stereocenters. The minimum absolute atomic E-state index is 0.00515. The Morgan fingerprint density at radius 3 is 2.71 bits per heavy atom. The number of aromatic amines is 2. The number of aromatic nitrogens is 2. The van der Waals surface area contributed by atoms with Gasteiger partial charge in [0.05, 0.1) is 19.3 Å². The number of nitrogens with one attached hydrogen (secondary N) is 2. The molecule has 2 N–H and O–H groups in total. The molecule has 6 nitrogen and oxygen atoms in total. The number of methoxy groups -OCH3 is 1. The summed E-state index contributed by atoms with van der Waals surface area (Å²) in [5.74, 6) is 0.890. The van der Waals surface area contributed by atoms with Crippen LogP contribution >= 0.6 is 0 Å². The summed E-state index contributed by atoms with van der Waals surface area (Å²) in [6.07, 6.45) is 5.80. The first-order chi connectivity index (χ1) is 14.9. The number of ether oxygens (including phenoxy) is 1. The van der Waals surface area contributed by atoms with Gasteiger partial charge >= 0.3 is 0 Å². The Morgan fingerprint density at radius 2 is 2.06 bits per heavy atom. The highest BCUT2D eigenvalue weighted by Gasteiger charge is 2.24. The first kappa shape index (κ1) is 21.1. The number of carbonyl (C=O) groups is 2. The molecule has 4 rings (SSSR count). The van der Waals surface area contributed by atoms with E-state index in [1.54, 1.807) is 14.0 Å². The molecule has 0 atom stereocenters. The summed E-state index contributed by atoms with van der Waals surface area (Å²) in [6.45, 7) is 7.28. The average molecular weight is 420 g/mol. The Labute approximate surface area is 182 Å². The molecule has 0 aliphatic carbocycles. The fourth-order valence-electron chi connectivity index (χ4n) is 4.62. The van der Waals surface area contributed by atoms with Crippen molar-refractivity contribution in [2.75, 3.05) is 26.7 Å². The van der Waals surface area contributed by atoms with Crippen molar-refractivity contribution >= 4 is 28.0 Å². The van der Waals surface area contributed by atoms with Gasteiger partial charge in [-0.25, -0.2) is 0 Å². The van der Waals surface area contributed by atoms with Gasteiger partial charge in [-0.1, -0.05) is 13.0 Å². The van der Waals surface area contributed by atoms with Crippen LogP contribution in [-0.4, -0.2) is 53.2 Å². The molecule has 6 heteroatoms. The topological polar surface area (TPSA) is 78.2 Å². The molecule has 1 aliphatic heterocycles. The van der Waals surface area contributed by atoms with Crippen molar-refractivity contribution in [2.24, 2.45) is 0 Å². The molecule has 0 bridgehead atoms. The molecule has 0 radical (unpaired) electrons. The number of ketones is 2. The van der Waals surface area contributed by atoms with Crippen LogP contribution in [0.15, 0.2) is 30.5 Å². The largest absolute Gasteiger partial charge is 0.497 e. The molecule has 0 saturated carbocycles. The summed E-state index contributed by atoms with van der Waals surface area (Å²) < 4.78 is 5.38. The molecular formula is C25H29N3O3. The maximum atomic E-state index is 13.0. The summed E-state index contributed by atoms with van der Waals surface area (Å²) in [4.78, 5) is 33.7. The van der Waals surface area contributed by atoms with E-state index in [9.17, 15) is 9.59 Å². The fourth-order valence-corrected chi connectivity index (χ4v) is 4.62. The van der Waals surface area contributed by atoms with Gasteiger partial charge in [0, 0.05) is 47.0 Å². The predicted octanol–water partition coefficient (Wildman–Crippen LogP) is 4.55. The van der Waals surface area contributed by atoms with Crippen LogP contribution in [0.25, 0.3) is 16.5 Å². The Morgan fingerprint density at radius 1 is 1.26 bits per heavy atom. The molecular weight excluding hydrogens is 390 g/mol. The highest BCUT2D eigenvalue weighted by molar-refractivity contribution is 6.04. The van der Waals surface area contributed by atoms with Crippen LogP contribution < -0.4 is 4.74 Å². The molecule has 2 aromatic heterocycles. The number of Topliss-reactive ketones (excluding diaryl/α,β-unsaturated/α-hetero) is 2. The standard InChI is InChI=1S/C25H29N3O3/c1-5-19-24(16(3)29)15(2)27-25(19)23(30)14-28-10-8-17(9-11-28)21-13-26-22-7-6-18(31-4)12-20(21)22/h6-8,12-13,26-27H,5,9-11,14H2,1-4H3. The fraction of sp³-hybridized carbons (Fsp3) is 0.360. The first-order valence-corrected chi connectivity index (χ1v) is 10.7. The number of aryl methyl sites for hydroxylation is 1. The molecule has 31 heavy (non-hydrogen) atoms. The smallest absolute Gasteiger partial charge is 0.193 e. The van der Waals surface area contributed by atoms with Crippen molar-refractivity contribution in [3.8, 4) is 5.75 Å². The molecule has 0 spiro atoms. The third-order valence-electron chi connectivity index (χ3n) is 6.17. The second-order valence-corrected chi connectivity index (χ2v) is 8.14. The van der Waals surface area contributed by atoms with Crippen molar-refractivity contribution in [1.82, 2.24) is 14.9 Å². The summed E-state index contributed by atoms with van der Waals surface area (Å²) in [7, 11) is 1.68. The summed E-state index contributed by atoms with van der Waals surface area (Å²) in [5, 5.41) is 1.15. The van der Waals surface area contributed by atoms with Crippen LogP contribution in [0, 0.1) is 6.92 Å². The molecule has 0 fully saturated rings. The highest BCUT2D eigenvalue weighted by atomic mass is 16.5. The maximum absolute atomic E-state index is 13.0. The molecule has 0 amide bonds.